The topological polar surface area (TPSA) is 103 Å². The van der Waals surface area contributed by atoms with Crippen LogP contribution in [-0.2, 0) is 10.1 Å². The Morgan fingerprint density at radius 3 is 2.28 bits per heavy atom. The molecule has 0 saturated carbocycles. The van der Waals surface area contributed by atoms with Crippen LogP contribution >= 0.6 is 0 Å². The van der Waals surface area contributed by atoms with Gasteiger partial charge in [0.05, 0.1) is 10.6 Å². The first kappa shape index (κ1) is 12.4. The summed E-state index contributed by atoms with van der Waals surface area (Å²) < 4.78 is 33.0. The number of phenols is 1. The predicted molar refractivity (Wildman–Crippen MR) is 65.9 cm³/mol. The quantitative estimate of drug-likeness (QED) is 0.486. The van der Waals surface area contributed by atoms with Gasteiger partial charge in [-0.3, -0.25) is 0 Å². The molecule has 2 aromatic carbocycles. The Balaban J connectivity index is 2.72. The molecule has 0 amide bonds. The van der Waals surface area contributed by atoms with E-state index < -0.39 is 15.0 Å². The van der Waals surface area contributed by atoms with Gasteiger partial charge in [0.2, 0.25) is 0 Å². The standard InChI is InChI=1S/C12H11NO4S/c13-11-7-9(18(15,16)17)6-10(12(11)14)8-4-2-1-3-5-8/h1-7,14H,13H2,(H,15,16,17)/p-1. The zero-order valence-electron chi connectivity index (χ0n) is 9.20. The fraction of sp³-hybridized carbons (Fsp3) is 0. The minimum atomic E-state index is -4.61. The van der Waals surface area contributed by atoms with Crippen LogP contribution in [0.3, 0.4) is 0 Å². The molecule has 0 aliphatic heterocycles. The van der Waals surface area contributed by atoms with Crippen LogP contribution in [0.25, 0.3) is 11.1 Å². The Hall–Kier alpha value is -2.05. The average Bonchev–Trinajstić information content (AvgIpc) is 2.32. The van der Waals surface area contributed by atoms with Crippen LogP contribution in [0.15, 0.2) is 47.4 Å². The van der Waals surface area contributed by atoms with Crippen LogP contribution in [0.5, 0.6) is 5.75 Å². The minimum absolute atomic E-state index is 0.147. The van der Waals surface area contributed by atoms with Crippen LogP contribution in [0, 0.1) is 0 Å². The van der Waals surface area contributed by atoms with Crippen molar-refractivity contribution in [2.75, 3.05) is 5.73 Å². The fourth-order valence-electron chi connectivity index (χ4n) is 1.61. The van der Waals surface area contributed by atoms with Gasteiger partial charge >= 0.3 is 0 Å². The molecule has 0 aromatic heterocycles. The summed E-state index contributed by atoms with van der Waals surface area (Å²) in [6.45, 7) is 0. The summed E-state index contributed by atoms with van der Waals surface area (Å²) in [4.78, 5) is -0.461. The van der Waals surface area contributed by atoms with E-state index in [0.29, 0.717) is 5.56 Å². The maximum absolute atomic E-state index is 11.0. The van der Waals surface area contributed by atoms with Gasteiger partial charge < -0.3 is 15.4 Å². The summed E-state index contributed by atoms with van der Waals surface area (Å²) in [5.74, 6) is -0.242. The van der Waals surface area contributed by atoms with Crippen molar-refractivity contribution in [2.45, 2.75) is 4.90 Å². The lowest BCUT2D eigenvalue weighted by molar-refractivity contribution is 0.462. The Labute approximate surface area is 104 Å². The SMILES string of the molecule is Nc1cc(S(=O)(=O)[O-])cc(-c2ccccc2)c1O. The van der Waals surface area contributed by atoms with Crippen molar-refractivity contribution in [3.63, 3.8) is 0 Å². The first-order valence-electron chi connectivity index (χ1n) is 5.03. The second-order valence-electron chi connectivity index (χ2n) is 3.73. The van der Waals surface area contributed by atoms with Crippen LogP contribution in [0.4, 0.5) is 5.69 Å². The predicted octanol–water partition coefficient (Wildman–Crippen LogP) is 1.55. The highest BCUT2D eigenvalue weighted by Crippen LogP contribution is 2.36. The first-order valence-corrected chi connectivity index (χ1v) is 6.44. The van der Waals surface area contributed by atoms with Crippen molar-refractivity contribution < 1.29 is 18.1 Å². The molecule has 0 atom stereocenters. The van der Waals surface area contributed by atoms with E-state index in [1.165, 1.54) is 0 Å². The number of anilines is 1. The van der Waals surface area contributed by atoms with Gasteiger partial charge in [-0.2, -0.15) is 0 Å². The maximum atomic E-state index is 11.0. The van der Waals surface area contributed by atoms with Crippen LogP contribution < -0.4 is 5.73 Å². The van der Waals surface area contributed by atoms with E-state index in [4.69, 9.17) is 5.73 Å². The van der Waals surface area contributed by atoms with Gasteiger partial charge in [-0.05, 0) is 17.7 Å². The smallest absolute Gasteiger partial charge is 0.146 e. The average molecular weight is 264 g/mol. The lowest BCUT2D eigenvalue weighted by atomic mass is 10.0. The molecule has 0 aliphatic carbocycles. The Bertz CT molecular complexity index is 681. The molecule has 0 fully saturated rings. The lowest BCUT2D eigenvalue weighted by Crippen LogP contribution is -2.01. The second-order valence-corrected chi connectivity index (χ2v) is 5.11. The van der Waals surface area contributed by atoms with Gasteiger partial charge in [0.25, 0.3) is 0 Å². The van der Waals surface area contributed by atoms with Crippen molar-refractivity contribution >= 4 is 15.8 Å². The third-order valence-corrected chi connectivity index (χ3v) is 3.30. The van der Waals surface area contributed by atoms with Crippen molar-refractivity contribution in [1.82, 2.24) is 0 Å². The third kappa shape index (κ3) is 2.29. The Kier molecular flexibility index (Phi) is 2.98. The monoisotopic (exact) mass is 264 g/mol. The summed E-state index contributed by atoms with van der Waals surface area (Å²) in [5.41, 5.74) is 6.14. The van der Waals surface area contributed by atoms with E-state index in [9.17, 15) is 18.1 Å². The van der Waals surface area contributed by atoms with E-state index in [-0.39, 0.29) is 17.0 Å². The number of nitrogens with two attached hydrogens (primary N) is 1. The molecule has 0 bridgehead atoms. The van der Waals surface area contributed by atoms with E-state index >= 15 is 0 Å². The molecule has 94 valence electrons. The molecule has 5 nitrogen and oxygen atoms in total. The summed E-state index contributed by atoms with van der Waals surface area (Å²) in [5, 5.41) is 9.82. The van der Waals surface area contributed by atoms with Gasteiger partial charge in [0, 0.05) is 5.56 Å². The van der Waals surface area contributed by atoms with Crippen molar-refractivity contribution in [3.05, 3.63) is 42.5 Å². The van der Waals surface area contributed by atoms with Crippen molar-refractivity contribution in [2.24, 2.45) is 0 Å². The minimum Gasteiger partial charge on any atom is -0.744 e. The van der Waals surface area contributed by atoms with Gasteiger partial charge in [-0.15, -0.1) is 0 Å². The van der Waals surface area contributed by atoms with Crippen LogP contribution in [0.2, 0.25) is 0 Å². The molecule has 0 heterocycles. The molecule has 2 aromatic rings. The summed E-state index contributed by atoms with van der Waals surface area (Å²) in [6.07, 6.45) is 0. The zero-order valence-corrected chi connectivity index (χ0v) is 10.0. The van der Waals surface area contributed by atoms with Gasteiger partial charge in [-0.1, -0.05) is 30.3 Å². The van der Waals surface area contributed by atoms with E-state index in [1.807, 2.05) is 0 Å². The number of phenolic OH excluding ortho intramolecular Hbond substituents is 1. The largest absolute Gasteiger partial charge is 0.744 e. The highest BCUT2D eigenvalue weighted by molar-refractivity contribution is 7.85. The molecule has 0 spiro atoms. The van der Waals surface area contributed by atoms with Gasteiger partial charge in [0.1, 0.15) is 15.9 Å². The number of benzene rings is 2. The van der Waals surface area contributed by atoms with Gasteiger partial charge in [0.15, 0.2) is 0 Å². The maximum Gasteiger partial charge on any atom is 0.146 e. The van der Waals surface area contributed by atoms with Crippen LogP contribution in [0.1, 0.15) is 0 Å². The molecule has 2 rings (SSSR count). The van der Waals surface area contributed by atoms with Crippen LogP contribution in [-0.4, -0.2) is 18.1 Å². The normalized spacial score (nSPS) is 11.4. The molecule has 0 radical (unpaired) electrons. The first-order chi connectivity index (χ1) is 8.39. The summed E-state index contributed by atoms with van der Waals surface area (Å²) >= 11 is 0. The van der Waals surface area contributed by atoms with Gasteiger partial charge in [-0.25, -0.2) is 8.42 Å². The van der Waals surface area contributed by atoms with Crippen molar-refractivity contribution in [3.8, 4) is 16.9 Å². The number of hydrogen-bond acceptors (Lipinski definition) is 5. The molecular formula is C12H10NO4S-. The summed E-state index contributed by atoms with van der Waals surface area (Å²) in [6, 6.07) is 10.6. The highest BCUT2D eigenvalue weighted by atomic mass is 32.2. The van der Waals surface area contributed by atoms with E-state index in [2.05, 4.69) is 0 Å². The number of hydrogen-bond donors (Lipinski definition) is 2. The highest BCUT2D eigenvalue weighted by Gasteiger charge is 2.12. The molecule has 0 saturated heterocycles. The number of aromatic hydroxyl groups is 1. The molecule has 0 unspecified atom stereocenters. The van der Waals surface area contributed by atoms with E-state index in [0.717, 1.165) is 12.1 Å². The zero-order chi connectivity index (χ0) is 13.3. The Morgan fingerprint density at radius 2 is 1.72 bits per heavy atom. The third-order valence-electron chi connectivity index (χ3n) is 2.49. The Morgan fingerprint density at radius 1 is 1.11 bits per heavy atom. The number of nitrogen functional groups attached to an aromatic ring is 1. The fourth-order valence-corrected chi connectivity index (χ4v) is 2.15. The molecule has 6 heteroatoms. The molecular weight excluding hydrogens is 254 g/mol. The van der Waals surface area contributed by atoms with E-state index in [1.54, 1.807) is 30.3 Å². The summed E-state index contributed by atoms with van der Waals surface area (Å²) in [7, 11) is -4.61. The second kappa shape index (κ2) is 4.32. The molecule has 0 aliphatic rings. The lowest BCUT2D eigenvalue weighted by Gasteiger charge is -2.13. The van der Waals surface area contributed by atoms with Crippen molar-refractivity contribution in [1.29, 1.82) is 0 Å². The molecule has 18 heavy (non-hydrogen) atoms. The number of rotatable bonds is 2. The molecule has 3 N–H and O–H groups in total.